The van der Waals surface area contributed by atoms with E-state index in [2.05, 4.69) is 15.3 Å². The molecule has 5 nitrogen and oxygen atoms in total. The summed E-state index contributed by atoms with van der Waals surface area (Å²) in [5, 5.41) is 3.47. The highest BCUT2D eigenvalue weighted by Crippen LogP contribution is 2.20. The van der Waals surface area contributed by atoms with Crippen molar-refractivity contribution >= 4 is 17.5 Å². The van der Waals surface area contributed by atoms with E-state index in [1.54, 1.807) is 26.3 Å². The summed E-state index contributed by atoms with van der Waals surface area (Å²) in [6.45, 7) is 2.14. The number of aromatic nitrogens is 2. The van der Waals surface area contributed by atoms with Gasteiger partial charge in [0.15, 0.2) is 5.82 Å². The van der Waals surface area contributed by atoms with Crippen LogP contribution in [0.15, 0.2) is 54.7 Å². The van der Waals surface area contributed by atoms with Gasteiger partial charge >= 0.3 is 0 Å². The standard InChI is InChI=1S/C20H18ClN3O2/c1-13-17(20(25)23-11-15-5-3-4-6-18(15)21)12-22-19(24-13)14-7-9-16(26-2)10-8-14/h3-10,12H,11H2,1-2H3,(H,23,25). The number of nitrogens with zero attached hydrogens (tertiary/aromatic N) is 2. The molecule has 0 aliphatic carbocycles. The van der Waals surface area contributed by atoms with Gasteiger partial charge in [0.05, 0.1) is 18.4 Å². The van der Waals surface area contributed by atoms with E-state index >= 15 is 0 Å². The number of rotatable bonds is 5. The van der Waals surface area contributed by atoms with Crippen LogP contribution in [0.1, 0.15) is 21.6 Å². The number of carbonyl (C=O) groups excluding carboxylic acids is 1. The van der Waals surface area contributed by atoms with Gasteiger partial charge in [0, 0.05) is 23.3 Å². The van der Waals surface area contributed by atoms with Crippen molar-refractivity contribution in [1.82, 2.24) is 15.3 Å². The van der Waals surface area contributed by atoms with Gasteiger partial charge < -0.3 is 10.1 Å². The highest BCUT2D eigenvalue weighted by atomic mass is 35.5. The van der Waals surface area contributed by atoms with E-state index in [1.165, 1.54) is 0 Å². The largest absolute Gasteiger partial charge is 0.497 e. The predicted octanol–water partition coefficient (Wildman–Crippen LogP) is 4.04. The van der Waals surface area contributed by atoms with Crippen molar-refractivity contribution < 1.29 is 9.53 Å². The average molecular weight is 368 g/mol. The summed E-state index contributed by atoms with van der Waals surface area (Å²) in [5.41, 5.74) is 2.77. The lowest BCUT2D eigenvalue weighted by Crippen LogP contribution is -2.24. The number of amides is 1. The maximum atomic E-state index is 12.4. The second-order valence-electron chi connectivity index (χ2n) is 5.70. The number of halogens is 1. The van der Waals surface area contributed by atoms with Crippen LogP contribution in [0, 0.1) is 6.92 Å². The fourth-order valence-electron chi connectivity index (χ4n) is 2.48. The molecule has 1 amide bonds. The Labute approximate surface area is 157 Å². The Morgan fingerprint density at radius 2 is 1.88 bits per heavy atom. The van der Waals surface area contributed by atoms with Crippen LogP contribution in [0.2, 0.25) is 5.02 Å². The van der Waals surface area contributed by atoms with Gasteiger partial charge in [-0.2, -0.15) is 0 Å². The molecular formula is C20H18ClN3O2. The summed E-state index contributed by atoms with van der Waals surface area (Å²) in [4.78, 5) is 21.2. The molecule has 0 aliphatic rings. The van der Waals surface area contributed by atoms with Crippen molar-refractivity contribution in [2.45, 2.75) is 13.5 Å². The third-order valence-corrected chi connectivity index (χ3v) is 4.34. The van der Waals surface area contributed by atoms with Gasteiger partial charge in [-0.25, -0.2) is 9.97 Å². The van der Waals surface area contributed by atoms with Gasteiger partial charge in [-0.3, -0.25) is 4.79 Å². The molecule has 1 N–H and O–H groups in total. The molecule has 3 rings (SSSR count). The minimum absolute atomic E-state index is 0.233. The lowest BCUT2D eigenvalue weighted by molar-refractivity contribution is 0.0949. The van der Waals surface area contributed by atoms with Gasteiger partial charge in [0.25, 0.3) is 5.91 Å². The molecule has 0 unspecified atom stereocenters. The molecule has 0 spiro atoms. The summed E-state index contributed by atoms with van der Waals surface area (Å²) in [7, 11) is 1.62. The summed E-state index contributed by atoms with van der Waals surface area (Å²) in [5.74, 6) is 1.09. The first-order valence-electron chi connectivity index (χ1n) is 8.08. The van der Waals surface area contributed by atoms with Gasteiger partial charge in [0.2, 0.25) is 0 Å². The molecule has 2 aromatic carbocycles. The lowest BCUT2D eigenvalue weighted by Gasteiger charge is -2.09. The first-order chi connectivity index (χ1) is 12.6. The fraction of sp³-hybridized carbons (Fsp3) is 0.150. The van der Waals surface area contributed by atoms with Crippen LogP contribution >= 0.6 is 11.6 Å². The number of aryl methyl sites for hydroxylation is 1. The van der Waals surface area contributed by atoms with E-state index in [9.17, 15) is 4.79 Å². The predicted molar refractivity (Wildman–Crippen MR) is 101 cm³/mol. The van der Waals surface area contributed by atoms with Crippen LogP contribution in [0.5, 0.6) is 5.75 Å². The van der Waals surface area contributed by atoms with Crippen molar-refractivity contribution in [3.63, 3.8) is 0 Å². The quantitative estimate of drug-likeness (QED) is 0.739. The van der Waals surface area contributed by atoms with Crippen molar-refractivity contribution in [1.29, 1.82) is 0 Å². The minimum atomic E-state index is -0.233. The Balaban J connectivity index is 1.74. The van der Waals surface area contributed by atoms with Crippen LogP contribution in [-0.2, 0) is 6.54 Å². The Morgan fingerprint density at radius 3 is 2.54 bits per heavy atom. The number of methoxy groups -OCH3 is 1. The first kappa shape index (κ1) is 17.9. The smallest absolute Gasteiger partial charge is 0.254 e. The topological polar surface area (TPSA) is 64.1 Å². The molecule has 0 fully saturated rings. The number of nitrogens with one attached hydrogen (secondary N) is 1. The fourth-order valence-corrected chi connectivity index (χ4v) is 2.68. The first-order valence-corrected chi connectivity index (χ1v) is 8.46. The molecule has 0 saturated carbocycles. The number of ether oxygens (including phenoxy) is 1. The van der Waals surface area contributed by atoms with Crippen LogP contribution in [0.3, 0.4) is 0 Å². The molecule has 0 saturated heterocycles. The van der Waals surface area contributed by atoms with E-state index in [0.717, 1.165) is 16.9 Å². The molecule has 1 aromatic heterocycles. The highest BCUT2D eigenvalue weighted by molar-refractivity contribution is 6.31. The zero-order chi connectivity index (χ0) is 18.5. The van der Waals surface area contributed by atoms with E-state index in [1.807, 2.05) is 42.5 Å². The third kappa shape index (κ3) is 4.00. The molecule has 0 atom stereocenters. The molecule has 6 heteroatoms. The molecule has 26 heavy (non-hydrogen) atoms. The summed E-state index contributed by atoms with van der Waals surface area (Å²) in [6.07, 6.45) is 1.55. The molecule has 1 heterocycles. The van der Waals surface area contributed by atoms with Gasteiger partial charge in [-0.05, 0) is 42.8 Å². The van der Waals surface area contributed by atoms with Crippen LogP contribution in [0.25, 0.3) is 11.4 Å². The average Bonchev–Trinajstić information content (AvgIpc) is 2.67. The molecule has 0 aliphatic heterocycles. The molecular weight excluding hydrogens is 350 g/mol. The molecule has 3 aromatic rings. The Bertz CT molecular complexity index is 927. The third-order valence-electron chi connectivity index (χ3n) is 3.97. The monoisotopic (exact) mass is 367 g/mol. The van der Waals surface area contributed by atoms with E-state index < -0.39 is 0 Å². The summed E-state index contributed by atoms with van der Waals surface area (Å²) < 4.78 is 5.15. The molecule has 0 radical (unpaired) electrons. The number of carbonyl (C=O) groups is 1. The van der Waals surface area contributed by atoms with Crippen LogP contribution in [0.4, 0.5) is 0 Å². The second-order valence-corrected chi connectivity index (χ2v) is 6.10. The Morgan fingerprint density at radius 1 is 1.15 bits per heavy atom. The van der Waals surface area contributed by atoms with E-state index in [4.69, 9.17) is 16.3 Å². The van der Waals surface area contributed by atoms with Crippen LogP contribution in [-0.4, -0.2) is 23.0 Å². The SMILES string of the molecule is COc1ccc(-c2ncc(C(=O)NCc3ccccc3Cl)c(C)n2)cc1. The second kappa shape index (κ2) is 7.97. The zero-order valence-electron chi connectivity index (χ0n) is 14.5. The van der Waals surface area contributed by atoms with E-state index in [-0.39, 0.29) is 5.91 Å². The maximum Gasteiger partial charge on any atom is 0.254 e. The number of benzene rings is 2. The Kier molecular flexibility index (Phi) is 5.49. The number of hydrogen-bond acceptors (Lipinski definition) is 4. The summed E-state index contributed by atoms with van der Waals surface area (Å²) in [6, 6.07) is 14.8. The zero-order valence-corrected chi connectivity index (χ0v) is 15.2. The minimum Gasteiger partial charge on any atom is -0.497 e. The van der Waals surface area contributed by atoms with Gasteiger partial charge in [0.1, 0.15) is 5.75 Å². The van der Waals surface area contributed by atoms with E-state index in [0.29, 0.717) is 28.6 Å². The number of hydrogen-bond donors (Lipinski definition) is 1. The van der Waals surface area contributed by atoms with Crippen LogP contribution < -0.4 is 10.1 Å². The van der Waals surface area contributed by atoms with Gasteiger partial charge in [-0.15, -0.1) is 0 Å². The van der Waals surface area contributed by atoms with Crippen molar-refractivity contribution in [2.24, 2.45) is 0 Å². The normalized spacial score (nSPS) is 10.4. The van der Waals surface area contributed by atoms with Gasteiger partial charge in [-0.1, -0.05) is 29.8 Å². The molecule has 0 bridgehead atoms. The van der Waals surface area contributed by atoms with Crippen molar-refractivity contribution in [3.8, 4) is 17.1 Å². The van der Waals surface area contributed by atoms with Crippen molar-refractivity contribution in [3.05, 3.63) is 76.6 Å². The maximum absolute atomic E-state index is 12.4. The lowest BCUT2D eigenvalue weighted by atomic mass is 10.1. The highest BCUT2D eigenvalue weighted by Gasteiger charge is 2.13. The molecule has 132 valence electrons. The Hall–Kier alpha value is -2.92. The summed E-state index contributed by atoms with van der Waals surface area (Å²) >= 11 is 6.11. The van der Waals surface area contributed by atoms with Crippen molar-refractivity contribution in [2.75, 3.05) is 7.11 Å².